The standard InChI is InChI=1S/C25H22F2N2O4S/c1-16(30)29-24(19-10-12-20(33-2)13-11-19)14-23(28-29)18-8-6-17(7-9-18)15-34(31,32)25-21(26)4-3-5-22(25)27/h3-13,24H,14-15H2,1-2H3. The first-order chi connectivity index (χ1) is 16.2. The third kappa shape index (κ3) is 4.70. The molecule has 6 nitrogen and oxygen atoms in total. The van der Waals surface area contributed by atoms with Crippen LogP contribution in [0.4, 0.5) is 8.78 Å². The molecule has 34 heavy (non-hydrogen) atoms. The third-order valence-corrected chi connectivity index (χ3v) is 7.33. The highest BCUT2D eigenvalue weighted by molar-refractivity contribution is 7.90. The number of hydrogen-bond acceptors (Lipinski definition) is 5. The van der Waals surface area contributed by atoms with Crippen LogP contribution in [0.15, 0.2) is 76.7 Å². The maximum absolute atomic E-state index is 14.0. The summed E-state index contributed by atoms with van der Waals surface area (Å²) in [5.41, 5.74) is 2.68. The quantitative estimate of drug-likeness (QED) is 0.511. The summed E-state index contributed by atoms with van der Waals surface area (Å²) >= 11 is 0. The Bertz CT molecular complexity index is 1330. The number of methoxy groups -OCH3 is 1. The molecule has 0 aliphatic carbocycles. The Morgan fingerprint density at radius 3 is 2.21 bits per heavy atom. The minimum atomic E-state index is -4.22. The molecule has 9 heteroatoms. The molecule has 3 aromatic rings. The number of carbonyl (C=O) groups is 1. The molecule has 1 atom stereocenters. The maximum atomic E-state index is 14.0. The molecule has 0 N–H and O–H groups in total. The third-order valence-electron chi connectivity index (χ3n) is 5.61. The summed E-state index contributed by atoms with van der Waals surface area (Å²) in [6.45, 7) is 1.44. The van der Waals surface area contributed by atoms with E-state index in [1.54, 1.807) is 31.4 Å². The van der Waals surface area contributed by atoms with Crippen molar-refractivity contribution in [3.05, 3.63) is 95.1 Å². The summed E-state index contributed by atoms with van der Waals surface area (Å²) < 4.78 is 58.3. The molecule has 0 bridgehead atoms. The predicted molar refractivity (Wildman–Crippen MR) is 123 cm³/mol. The first-order valence-corrected chi connectivity index (χ1v) is 12.1. The van der Waals surface area contributed by atoms with Gasteiger partial charge in [0.05, 0.1) is 24.6 Å². The predicted octanol–water partition coefficient (Wildman–Crippen LogP) is 4.64. The van der Waals surface area contributed by atoms with Crippen LogP contribution in [0, 0.1) is 11.6 Å². The van der Waals surface area contributed by atoms with E-state index in [0.717, 1.165) is 29.3 Å². The topological polar surface area (TPSA) is 76.0 Å². The van der Waals surface area contributed by atoms with Gasteiger partial charge in [0.15, 0.2) is 9.84 Å². The lowest BCUT2D eigenvalue weighted by Gasteiger charge is -2.20. The fraction of sp³-hybridized carbons (Fsp3) is 0.200. The number of benzene rings is 3. The van der Waals surface area contributed by atoms with E-state index in [0.29, 0.717) is 23.4 Å². The normalized spacial score (nSPS) is 15.8. The molecular formula is C25H22F2N2O4S. The van der Waals surface area contributed by atoms with Crippen LogP contribution in [0.5, 0.6) is 5.75 Å². The Labute approximate surface area is 196 Å². The zero-order valence-electron chi connectivity index (χ0n) is 18.5. The van der Waals surface area contributed by atoms with E-state index in [-0.39, 0.29) is 11.9 Å². The number of amides is 1. The number of hydrogen-bond donors (Lipinski definition) is 0. The average Bonchev–Trinajstić information content (AvgIpc) is 3.25. The summed E-state index contributed by atoms with van der Waals surface area (Å²) in [5.74, 6) is -2.29. The van der Waals surface area contributed by atoms with E-state index in [1.807, 2.05) is 24.3 Å². The van der Waals surface area contributed by atoms with Crippen LogP contribution in [-0.4, -0.2) is 32.2 Å². The second-order valence-electron chi connectivity index (χ2n) is 7.91. The van der Waals surface area contributed by atoms with Gasteiger partial charge in [-0.1, -0.05) is 42.5 Å². The van der Waals surface area contributed by atoms with Crippen LogP contribution >= 0.6 is 0 Å². The highest BCUT2D eigenvalue weighted by Crippen LogP contribution is 2.33. The van der Waals surface area contributed by atoms with Crippen molar-refractivity contribution in [2.45, 2.75) is 30.0 Å². The SMILES string of the molecule is COc1ccc(C2CC(c3ccc(CS(=O)(=O)c4c(F)cccc4F)cc3)=NN2C(C)=O)cc1. The molecule has 1 aliphatic rings. The molecule has 1 unspecified atom stereocenters. The number of ether oxygens (including phenoxy) is 1. The van der Waals surface area contributed by atoms with Gasteiger partial charge in [-0.3, -0.25) is 4.79 Å². The summed E-state index contributed by atoms with van der Waals surface area (Å²) in [6, 6.07) is 16.6. The molecule has 1 amide bonds. The van der Waals surface area contributed by atoms with Crippen LogP contribution < -0.4 is 4.74 Å². The Morgan fingerprint density at radius 1 is 1.03 bits per heavy atom. The number of hydrazone groups is 1. The van der Waals surface area contributed by atoms with Gasteiger partial charge >= 0.3 is 0 Å². The van der Waals surface area contributed by atoms with Crippen molar-refractivity contribution in [1.29, 1.82) is 0 Å². The van der Waals surface area contributed by atoms with Gasteiger partial charge in [-0.05, 0) is 41.0 Å². The fourth-order valence-electron chi connectivity index (χ4n) is 3.93. The van der Waals surface area contributed by atoms with E-state index in [4.69, 9.17) is 4.74 Å². The molecule has 0 spiro atoms. The average molecular weight is 485 g/mol. The minimum Gasteiger partial charge on any atom is -0.497 e. The van der Waals surface area contributed by atoms with Crippen molar-refractivity contribution < 1.29 is 26.7 Å². The zero-order valence-corrected chi connectivity index (χ0v) is 19.4. The molecule has 0 aromatic heterocycles. The lowest BCUT2D eigenvalue weighted by Crippen LogP contribution is -2.24. The van der Waals surface area contributed by atoms with Crippen LogP contribution in [0.1, 0.15) is 36.1 Å². The monoisotopic (exact) mass is 484 g/mol. The first kappa shape index (κ1) is 23.6. The van der Waals surface area contributed by atoms with Gasteiger partial charge in [-0.15, -0.1) is 0 Å². The Hall–Kier alpha value is -3.59. The highest BCUT2D eigenvalue weighted by atomic mass is 32.2. The van der Waals surface area contributed by atoms with Gasteiger partial charge < -0.3 is 4.74 Å². The van der Waals surface area contributed by atoms with Gasteiger partial charge in [0.25, 0.3) is 0 Å². The van der Waals surface area contributed by atoms with E-state index >= 15 is 0 Å². The van der Waals surface area contributed by atoms with Crippen LogP contribution in [0.3, 0.4) is 0 Å². The van der Waals surface area contributed by atoms with E-state index in [9.17, 15) is 22.0 Å². The maximum Gasteiger partial charge on any atom is 0.240 e. The van der Waals surface area contributed by atoms with Crippen LogP contribution in [0.2, 0.25) is 0 Å². The van der Waals surface area contributed by atoms with E-state index in [2.05, 4.69) is 5.10 Å². The van der Waals surface area contributed by atoms with Crippen molar-refractivity contribution in [2.24, 2.45) is 5.10 Å². The fourth-order valence-corrected chi connectivity index (χ4v) is 5.43. The Kier molecular flexibility index (Phi) is 6.47. The number of halogens is 2. The number of carbonyl (C=O) groups excluding carboxylic acids is 1. The molecule has 1 heterocycles. The lowest BCUT2D eigenvalue weighted by atomic mass is 9.98. The summed E-state index contributed by atoms with van der Waals surface area (Å²) in [6.07, 6.45) is 0.476. The lowest BCUT2D eigenvalue weighted by molar-refractivity contribution is -0.130. The van der Waals surface area contributed by atoms with Crippen LogP contribution in [-0.2, 0) is 20.4 Å². The van der Waals surface area contributed by atoms with Gasteiger partial charge in [0.1, 0.15) is 22.3 Å². The summed E-state index contributed by atoms with van der Waals surface area (Å²) in [5, 5.41) is 5.91. The van der Waals surface area contributed by atoms with Crippen molar-refractivity contribution >= 4 is 21.5 Å². The van der Waals surface area contributed by atoms with Crippen molar-refractivity contribution in [3.63, 3.8) is 0 Å². The van der Waals surface area contributed by atoms with Gasteiger partial charge in [-0.25, -0.2) is 22.2 Å². The Balaban J connectivity index is 1.55. The molecule has 1 aliphatic heterocycles. The van der Waals surface area contributed by atoms with Gasteiger partial charge in [0, 0.05) is 13.3 Å². The second-order valence-corrected chi connectivity index (χ2v) is 9.84. The Morgan fingerprint density at radius 2 is 1.65 bits per heavy atom. The molecule has 0 saturated carbocycles. The summed E-state index contributed by atoms with van der Waals surface area (Å²) in [7, 11) is -2.64. The van der Waals surface area contributed by atoms with Crippen molar-refractivity contribution in [3.8, 4) is 5.75 Å². The van der Waals surface area contributed by atoms with Gasteiger partial charge in [-0.2, -0.15) is 5.10 Å². The summed E-state index contributed by atoms with van der Waals surface area (Å²) in [4.78, 5) is 11.3. The molecule has 4 rings (SSSR count). The minimum absolute atomic E-state index is 0.203. The molecule has 3 aromatic carbocycles. The largest absolute Gasteiger partial charge is 0.497 e. The molecule has 0 saturated heterocycles. The van der Waals surface area contributed by atoms with Crippen molar-refractivity contribution in [1.82, 2.24) is 5.01 Å². The van der Waals surface area contributed by atoms with Gasteiger partial charge in [0.2, 0.25) is 5.91 Å². The van der Waals surface area contributed by atoms with Crippen molar-refractivity contribution in [2.75, 3.05) is 7.11 Å². The highest BCUT2D eigenvalue weighted by Gasteiger charge is 2.31. The van der Waals surface area contributed by atoms with Crippen LogP contribution in [0.25, 0.3) is 0 Å². The van der Waals surface area contributed by atoms with E-state index in [1.165, 1.54) is 11.9 Å². The van der Waals surface area contributed by atoms with E-state index < -0.39 is 32.1 Å². The number of sulfone groups is 1. The molecule has 0 fully saturated rings. The smallest absolute Gasteiger partial charge is 0.240 e. The molecular weight excluding hydrogens is 462 g/mol. The number of nitrogens with zero attached hydrogens (tertiary/aromatic N) is 2. The molecule has 0 radical (unpaired) electrons. The second kappa shape index (κ2) is 9.34. The zero-order chi connectivity index (χ0) is 24.5. The first-order valence-electron chi connectivity index (χ1n) is 10.5. The number of rotatable bonds is 6. The molecule has 176 valence electrons.